The van der Waals surface area contributed by atoms with Gasteiger partial charge in [-0.15, -0.1) is 0 Å². The van der Waals surface area contributed by atoms with Gasteiger partial charge in [0.15, 0.2) is 0 Å². The highest BCUT2D eigenvalue weighted by Crippen LogP contribution is 2.38. The lowest BCUT2D eigenvalue weighted by Gasteiger charge is -2.44. The second-order valence-corrected chi connectivity index (χ2v) is 6.59. The van der Waals surface area contributed by atoms with Gasteiger partial charge in [-0.25, -0.2) is 0 Å². The summed E-state index contributed by atoms with van der Waals surface area (Å²) in [6, 6.07) is 0. The average Bonchev–Trinajstić information content (AvgIpc) is 3.13. The molecule has 2 aliphatic heterocycles. The summed E-state index contributed by atoms with van der Waals surface area (Å²) in [6.07, 6.45) is 5.51. The fourth-order valence-electron chi connectivity index (χ4n) is 3.82. The van der Waals surface area contributed by atoms with E-state index in [0.29, 0.717) is 0 Å². The van der Waals surface area contributed by atoms with Gasteiger partial charge in [0.1, 0.15) is 0 Å². The maximum Gasteiger partial charge on any atom is 0.0357 e. The molecule has 1 saturated carbocycles. The van der Waals surface area contributed by atoms with Crippen LogP contribution in [0.1, 0.15) is 32.6 Å². The molecule has 17 heavy (non-hydrogen) atoms. The van der Waals surface area contributed by atoms with Gasteiger partial charge in [0, 0.05) is 18.6 Å². The van der Waals surface area contributed by atoms with E-state index in [0.717, 1.165) is 24.3 Å². The Kier molecular flexibility index (Phi) is 3.18. The Hall–Kier alpha value is -0.120. The molecule has 2 bridgehead atoms. The molecule has 0 aromatic carbocycles. The van der Waals surface area contributed by atoms with Crippen molar-refractivity contribution in [2.75, 3.05) is 32.7 Å². The lowest BCUT2D eigenvalue weighted by atomic mass is 9.78. The number of nitrogens with one attached hydrogen (secondary N) is 1. The second-order valence-electron chi connectivity index (χ2n) is 6.59. The summed E-state index contributed by atoms with van der Waals surface area (Å²) in [4.78, 5) is 2.60. The minimum atomic E-state index is 0.260. The molecule has 4 atom stereocenters. The van der Waals surface area contributed by atoms with Crippen LogP contribution >= 0.6 is 0 Å². The molecule has 98 valence electrons. The van der Waals surface area contributed by atoms with Crippen LogP contribution in [0.2, 0.25) is 0 Å². The fourth-order valence-corrected chi connectivity index (χ4v) is 3.82. The number of piperidine rings is 1. The maximum absolute atomic E-state index is 6.12. The first-order valence-electron chi connectivity index (χ1n) is 7.41. The van der Waals surface area contributed by atoms with Crippen LogP contribution in [0, 0.1) is 17.8 Å². The van der Waals surface area contributed by atoms with E-state index in [9.17, 15) is 0 Å². The maximum atomic E-state index is 6.12. The molecule has 4 unspecified atom stereocenters. The quantitative estimate of drug-likeness (QED) is 0.751. The summed E-state index contributed by atoms with van der Waals surface area (Å²) < 4.78 is 0. The zero-order chi connectivity index (χ0) is 11.9. The van der Waals surface area contributed by atoms with Crippen molar-refractivity contribution in [2.24, 2.45) is 23.5 Å². The minimum Gasteiger partial charge on any atom is -0.329 e. The fraction of sp³-hybridized carbons (Fsp3) is 1.00. The first-order chi connectivity index (χ1) is 8.23. The highest BCUT2D eigenvalue weighted by Gasteiger charge is 2.45. The summed E-state index contributed by atoms with van der Waals surface area (Å²) in [6.45, 7) is 8.23. The molecule has 1 aliphatic carbocycles. The van der Waals surface area contributed by atoms with Gasteiger partial charge in [-0.3, -0.25) is 0 Å². The molecular weight excluding hydrogens is 210 g/mol. The summed E-state index contributed by atoms with van der Waals surface area (Å²) in [5, 5.41) is 3.88. The monoisotopic (exact) mass is 237 g/mol. The van der Waals surface area contributed by atoms with E-state index in [2.05, 4.69) is 17.1 Å². The van der Waals surface area contributed by atoms with Gasteiger partial charge in [0.05, 0.1) is 0 Å². The largest absolute Gasteiger partial charge is 0.329 e. The van der Waals surface area contributed by atoms with E-state index >= 15 is 0 Å². The molecule has 0 aromatic heterocycles. The average molecular weight is 237 g/mol. The molecule has 0 radical (unpaired) electrons. The molecule has 2 saturated heterocycles. The molecule has 3 aliphatic rings. The van der Waals surface area contributed by atoms with E-state index in [1.807, 2.05) is 0 Å². The molecule has 0 aromatic rings. The van der Waals surface area contributed by atoms with E-state index in [1.165, 1.54) is 51.9 Å². The van der Waals surface area contributed by atoms with Crippen LogP contribution in [-0.2, 0) is 0 Å². The smallest absolute Gasteiger partial charge is 0.0357 e. The number of rotatable bonds is 5. The van der Waals surface area contributed by atoms with Crippen LogP contribution in [0.15, 0.2) is 0 Å². The van der Waals surface area contributed by atoms with Crippen molar-refractivity contribution in [1.82, 2.24) is 10.2 Å². The van der Waals surface area contributed by atoms with Crippen molar-refractivity contribution < 1.29 is 0 Å². The summed E-state index contributed by atoms with van der Waals surface area (Å²) in [5.74, 6) is 2.64. The van der Waals surface area contributed by atoms with E-state index in [1.54, 1.807) is 0 Å². The first-order valence-corrected chi connectivity index (χ1v) is 7.41. The zero-order valence-corrected chi connectivity index (χ0v) is 11.1. The Balaban J connectivity index is 1.60. The predicted molar refractivity (Wildman–Crippen MR) is 70.8 cm³/mol. The molecule has 0 spiro atoms. The van der Waals surface area contributed by atoms with Crippen molar-refractivity contribution in [2.45, 2.75) is 38.1 Å². The number of nitrogens with zero attached hydrogens (tertiary/aromatic N) is 1. The topological polar surface area (TPSA) is 41.3 Å². The zero-order valence-electron chi connectivity index (χ0n) is 11.1. The molecule has 3 heteroatoms. The van der Waals surface area contributed by atoms with Crippen LogP contribution in [0.5, 0.6) is 0 Å². The Morgan fingerprint density at radius 3 is 2.88 bits per heavy atom. The third-order valence-electron chi connectivity index (χ3n) is 5.50. The summed E-state index contributed by atoms with van der Waals surface area (Å²) in [7, 11) is 0. The summed E-state index contributed by atoms with van der Waals surface area (Å²) >= 11 is 0. The Morgan fingerprint density at radius 1 is 1.35 bits per heavy atom. The van der Waals surface area contributed by atoms with Crippen molar-refractivity contribution in [1.29, 1.82) is 0 Å². The minimum absolute atomic E-state index is 0.260. The molecule has 3 rings (SSSR count). The molecule has 3 N–H and O–H groups in total. The van der Waals surface area contributed by atoms with Crippen LogP contribution < -0.4 is 11.1 Å². The van der Waals surface area contributed by atoms with E-state index in [-0.39, 0.29) is 5.54 Å². The number of hydrogen-bond acceptors (Lipinski definition) is 3. The Labute approximate surface area is 105 Å². The van der Waals surface area contributed by atoms with Crippen molar-refractivity contribution >= 4 is 0 Å². The molecule has 3 fully saturated rings. The standard InChI is InChI=1S/C14H27N3/c1-11(12-2-3-12)8-16-14(10-15)5-7-17-6-4-13(14)9-17/h11-13,16H,2-10,15H2,1H3. The third-order valence-corrected chi connectivity index (χ3v) is 5.50. The van der Waals surface area contributed by atoms with Crippen LogP contribution in [0.3, 0.4) is 0 Å². The van der Waals surface area contributed by atoms with Crippen molar-refractivity contribution in [3.63, 3.8) is 0 Å². The van der Waals surface area contributed by atoms with Crippen LogP contribution in [0.25, 0.3) is 0 Å². The first kappa shape index (κ1) is 11.9. The molecule has 0 amide bonds. The normalized spacial score (nSPS) is 42.7. The Morgan fingerprint density at radius 2 is 2.18 bits per heavy atom. The van der Waals surface area contributed by atoms with Gasteiger partial charge in [-0.1, -0.05) is 6.92 Å². The third kappa shape index (κ3) is 2.25. The highest BCUT2D eigenvalue weighted by molar-refractivity contribution is 5.04. The van der Waals surface area contributed by atoms with Crippen LogP contribution in [-0.4, -0.2) is 43.2 Å². The van der Waals surface area contributed by atoms with Gasteiger partial charge >= 0.3 is 0 Å². The van der Waals surface area contributed by atoms with E-state index < -0.39 is 0 Å². The number of hydrogen-bond donors (Lipinski definition) is 2. The number of nitrogens with two attached hydrogens (primary N) is 1. The van der Waals surface area contributed by atoms with Crippen LogP contribution in [0.4, 0.5) is 0 Å². The van der Waals surface area contributed by atoms with Gasteiger partial charge in [-0.2, -0.15) is 0 Å². The molecule has 2 heterocycles. The Bertz CT molecular complexity index is 277. The van der Waals surface area contributed by atoms with Crippen molar-refractivity contribution in [3.05, 3.63) is 0 Å². The van der Waals surface area contributed by atoms with Gasteiger partial charge in [-0.05, 0) is 63.1 Å². The lowest BCUT2D eigenvalue weighted by molar-refractivity contribution is 0.131. The van der Waals surface area contributed by atoms with Gasteiger partial charge in [0.2, 0.25) is 0 Å². The van der Waals surface area contributed by atoms with Crippen molar-refractivity contribution in [3.8, 4) is 0 Å². The number of fused-ring (bicyclic) bond motifs is 2. The highest BCUT2D eigenvalue weighted by atomic mass is 15.2. The van der Waals surface area contributed by atoms with Gasteiger partial charge in [0.25, 0.3) is 0 Å². The predicted octanol–water partition coefficient (Wildman–Crippen LogP) is 1.05. The van der Waals surface area contributed by atoms with E-state index in [4.69, 9.17) is 5.73 Å². The molecule has 3 nitrogen and oxygen atoms in total. The SMILES string of the molecule is CC(CNC1(CN)CCN2CCC1C2)C1CC1. The molecular formula is C14H27N3. The second kappa shape index (κ2) is 4.52. The lowest BCUT2D eigenvalue weighted by Crippen LogP contribution is -2.61. The summed E-state index contributed by atoms with van der Waals surface area (Å²) in [5.41, 5.74) is 6.38. The van der Waals surface area contributed by atoms with Gasteiger partial charge < -0.3 is 16.0 Å².